The smallest absolute Gasteiger partial charge is 0.160 e. The van der Waals surface area contributed by atoms with E-state index in [0.717, 1.165) is 54.7 Å². The lowest BCUT2D eigenvalue weighted by Crippen LogP contribution is -2.35. The minimum atomic E-state index is 0.372. The maximum Gasteiger partial charge on any atom is 0.160 e. The normalized spacial score (nSPS) is 18.5. The molecular formula is C17H20N6. The number of piperidine rings is 1. The predicted molar refractivity (Wildman–Crippen MR) is 88.7 cm³/mol. The molecule has 4 rings (SSSR count). The summed E-state index contributed by atoms with van der Waals surface area (Å²) >= 11 is 0. The second kappa shape index (κ2) is 5.61. The molecule has 0 aliphatic carbocycles. The van der Waals surface area contributed by atoms with Gasteiger partial charge in [0.25, 0.3) is 0 Å². The first kappa shape index (κ1) is 14.1. The van der Waals surface area contributed by atoms with Crippen molar-refractivity contribution in [1.29, 1.82) is 0 Å². The number of pyridine rings is 1. The third kappa shape index (κ3) is 2.65. The van der Waals surface area contributed by atoms with E-state index >= 15 is 0 Å². The van der Waals surface area contributed by atoms with Gasteiger partial charge in [0.05, 0.1) is 0 Å². The largest absolute Gasteiger partial charge is 0.356 e. The van der Waals surface area contributed by atoms with Crippen molar-refractivity contribution in [3.05, 3.63) is 47.8 Å². The van der Waals surface area contributed by atoms with Crippen molar-refractivity contribution in [2.45, 2.75) is 32.6 Å². The molecule has 1 aliphatic rings. The molecule has 1 fully saturated rings. The van der Waals surface area contributed by atoms with Gasteiger partial charge in [-0.1, -0.05) is 6.07 Å². The zero-order chi connectivity index (χ0) is 15.8. The second-order valence-electron chi connectivity index (χ2n) is 6.19. The van der Waals surface area contributed by atoms with Crippen molar-refractivity contribution in [3.63, 3.8) is 0 Å². The van der Waals surface area contributed by atoms with E-state index in [4.69, 9.17) is 0 Å². The van der Waals surface area contributed by atoms with Crippen LogP contribution in [0.3, 0.4) is 0 Å². The van der Waals surface area contributed by atoms with E-state index in [1.807, 2.05) is 38.2 Å². The molecule has 6 nitrogen and oxygen atoms in total. The highest BCUT2D eigenvalue weighted by molar-refractivity contribution is 5.42. The average Bonchev–Trinajstić information content (AvgIpc) is 2.98. The lowest BCUT2D eigenvalue weighted by atomic mass is 9.97. The summed E-state index contributed by atoms with van der Waals surface area (Å²) in [6.45, 7) is 5.92. The second-order valence-corrected chi connectivity index (χ2v) is 6.19. The third-order valence-corrected chi connectivity index (χ3v) is 4.40. The minimum absolute atomic E-state index is 0.372. The Labute approximate surface area is 135 Å². The van der Waals surface area contributed by atoms with E-state index in [1.165, 1.54) is 0 Å². The van der Waals surface area contributed by atoms with Crippen LogP contribution in [0.5, 0.6) is 0 Å². The number of hydrogen-bond donors (Lipinski definition) is 0. The molecule has 1 atom stereocenters. The molecule has 0 amide bonds. The van der Waals surface area contributed by atoms with E-state index in [9.17, 15) is 0 Å². The highest BCUT2D eigenvalue weighted by Gasteiger charge is 2.26. The van der Waals surface area contributed by atoms with Crippen LogP contribution in [-0.2, 0) is 0 Å². The van der Waals surface area contributed by atoms with Gasteiger partial charge in [-0.2, -0.15) is 0 Å². The molecule has 0 spiro atoms. The van der Waals surface area contributed by atoms with Crippen LogP contribution in [0.1, 0.15) is 36.1 Å². The van der Waals surface area contributed by atoms with Gasteiger partial charge in [0, 0.05) is 37.0 Å². The molecule has 23 heavy (non-hydrogen) atoms. The summed E-state index contributed by atoms with van der Waals surface area (Å²) in [5.74, 6) is 3.27. The molecule has 0 bridgehead atoms. The molecule has 1 aliphatic heterocycles. The number of aromatic nitrogens is 5. The van der Waals surface area contributed by atoms with Crippen LogP contribution in [-0.4, -0.2) is 37.7 Å². The molecule has 0 N–H and O–H groups in total. The number of hydrogen-bond acceptors (Lipinski definition) is 5. The van der Waals surface area contributed by atoms with Crippen LogP contribution >= 0.6 is 0 Å². The highest BCUT2D eigenvalue weighted by Crippen LogP contribution is 2.28. The van der Waals surface area contributed by atoms with E-state index < -0.39 is 0 Å². The number of nitrogens with zero attached hydrogens (tertiary/aromatic N) is 6. The van der Waals surface area contributed by atoms with Gasteiger partial charge >= 0.3 is 0 Å². The first-order chi connectivity index (χ1) is 11.2. The van der Waals surface area contributed by atoms with Crippen molar-refractivity contribution >= 4 is 11.5 Å². The molecule has 0 aromatic carbocycles. The number of aryl methyl sites for hydroxylation is 2. The first-order valence-electron chi connectivity index (χ1n) is 8.07. The quantitative estimate of drug-likeness (QED) is 0.728. The summed E-state index contributed by atoms with van der Waals surface area (Å²) in [7, 11) is 0. The maximum absolute atomic E-state index is 4.61. The van der Waals surface area contributed by atoms with E-state index in [0.29, 0.717) is 5.92 Å². The summed E-state index contributed by atoms with van der Waals surface area (Å²) < 4.78 is 2.10. The van der Waals surface area contributed by atoms with Crippen molar-refractivity contribution < 1.29 is 0 Å². The molecule has 118 valence electrons. The summed E-state index contributed by atoms with van der Waals surface area (Å²) in [5.41, 5.74) is 1.93. The number of anilines is 1. The van der Waals surface area contributed by atoms with Gasteiger partial charge in [0.15, 0.2) is 5.65 Å². The van der Waals surface area contributed by atoms with Gasteiger partial charge in [0.1, 0.15) is 17.5 Å². The molecular weight excluding hydrogens is 288 g/mol. The Hall–Kier alpha value is -2.50. The average molecular weight is 308 g/mol. The Morgan fingerprint density at radius 3 is 2.91 bits per heavy atom. The van der Waals surface area contributed by atoms with Crippen molar-refractivity contribution in [1.82, 2.24) is 24.6 Å². The predicted octanol–water partition coefficient (Wildman–Crippen LogP) is 2.52. The molecule has 3 aromatic rings. The number of fused-ring (bicyclic) bond motifs is 1. The fourth-order valence-electron chi connectivity index (χ4n) is 3.39. The summed E-state index contributed by atoms with van der Waals surface area (Å²) in [6, 6.07) is 8.08. The van der Waals surface area contributed by atoms with Crippen molar-refractivity contribution in [3.8, 4) is 0 Å². The topological polar surface area (TPSA) is 59.2 Å². The maximum atomic E-state index is 4.61. The van der Waals surface area contributed by atoms with Gasteiger partial charge in [-0.15, -0.1) is 10.2 Å². The van der Waals surface area contributed by atoms with E-state index in [1.54, 1.807) is 0 Å². The Bertz CT molecular complexity index is 820. The zero-order valence-corrected chi connectivity index (χ0v) is 13.5. The standard InChI is InChI=1S/C17H20N6/c1-12-10-16(19-13(2)18-12)22-8-5-6-14(11-22)17-21-20-15-7-3-4-9-23(15)17/h3-4,7,9-10,14H,5-6,8,11H2,1-2H3/t14-/m1/s1. The van der Waals surface area contributed by atoms with Crippen molar-refractivity contribution in [2.24, 2.45) is 0 Å². The lowest BCUT2D eigenvalue weighted by molar-refractivity contribution is 0.485. The van der Waals surface area contributed by atoms with Crippen LogP contribution in [0.2, 0.25) is 0 Å². The zero-order valence-electron chi connectivity index (χ0n) is 13.5. The van der Waals surface area contributed by atoms with Gasteiger partial charge in [-0.05, 0) is 38.8 Å². The minimum Gasteiger partial charge on any atom is -0.356 e. The first-order valence-corrected chi connectivity index (χ1v) is 8.07. The van der Waals surface area contributed by atoms with Crippen LogP contribution in [0.25, 0.3) is 5.65 Å². The van der Waals surface area contributed by atoms with Crippen LogP contribution in [0.15, 0.2) is 30.5 Å². The fourth-order valence-corrected chi connectivity index (χ4v) is 3.39. The molecule has 0 unspecified atom stereocenters. The summed E-state index contributed by atoms with van der Waals surface area (Å²) in [6.07, 6.45) is 4.31. The molecule has 1 saturated heterocycles. The van der Waals surface area contributed by atoms with Crippen LogP contribution < -0.4 is 4.90 Å². The molecule has 0 saturated carbocycles. The third-order valence-electron chi connectivity index (χ3n) is 4.40. The fraction of sp³-hybridized carbons (Fsp3) is 0.412. The van der Waals surface area contributed by atoms with Gasteiger partial charge in [0.2, 0.25) is 0 Å². The van der Waals surface area contributed by atoms with Gasteiger partial charge < -0.3 is 4.90 Å². The van der Waals surface area contributed by atoms with Crippen LogP contribution in [0, 0.1) is 13.8 Å². The summed E-state index contributed by atoms with van der Waals surface area (Å²) in [5, 5.41) is 8.72. The van der Waals surface area contributed by atoms with Gasteiger partial charge in [-0.25, -0.2) is 9.97 Å². The number of rotatable bonds is 2. The molecule has 4 heterocycles. The van der Waals surface area contributed by atoms with Crippen LogP contribution in [0.4, 0.5) is 5.82 Å². The summed E-state index contributed by atoms with van der Waals surface area (Å²) in [4.78, 5) is 11.3. The Morgan fingerprint density at radius 2 is 2.04 bits per heavy atom. The van der Waals surface area contributed by atoms with Crippen molar-refractivity contribution in [2.75, 3.05) is 18.0 Å². The lowest BCUT2D eigenvalue weighted by Gasteiger charge is -2.33. The highest BCUT2D eigenvalue weighted by atomic mass is 15.3. The molecule has 6 heteroatoms. The molecule has 0 radical (unpaired) electrons. The van der Waals surface area contributed by atoms with E-state index in [-0.39, 0.29) is 0 Å². The molecule has 3 aromatic heterocycles. The Kier molecular flexibility index (Phi) is 3.44. The SMILES string of the molecule is Cc1cc(N2CCC[C@@H](c3nnc4ccccn34)C2)nc(C)n1. The monoisotopic (exact) mass is 308 g/mol. The van der Waals surface area contributed by atoms with E-state index in [2.05, 4.69) is 35.5 Å². The van der Waals surface area contributed by atoms with Gasteiger partial charge in [-0.3, -0.25) is 4.40 Å². The Morgan fingerprint density at radius 1 is 1.13 bits per heavy atom. The Balaban J connectivity index is 1.64.